The Morgan fingerprint density at radius 2 is 1.65 bits per heavy atom. The van der Waals surface area contributed by atoms with Crippen molar-refractivity contribution in [3.8, 4) is 5.75 Å². The number of benzene rings is 2. The first kappa shape index (κ1) is 14.3. The van der Waals surface area contributed by atoms with E-state index in [4.69, 9.17) is 4.74 Å². The maximum atomic E-state index is 13.7. The Morgan fingerprint density at radius 1 is 1.05 bits per heavy atom. The topological polar surface area (TPSA) is 21.3 Å². The third kappa shape index (κ3) is 3.26. The van der Waals surface area contributed by atoms with Crippen LogP contribution in [0.1, 0.15) is 25.5 Å². The molecule has 0 radical (unpaired) electrons. The molecule has 20 heavy (non-hydrogen) atoms. The van der Waals surface area contributed by atoms with Crippen molar-refractivity contribution in [2.24, 2.45) is 0 Å². The quantitative estimate of drug-likeness (QED) is 0.866. The Hall–Kier alpha value is -2.10. The van der Waals surface area contributed by atoms with Gasteiger partial charge in [-0.25, -0.2) is 8.78 Å². The van der Waals surface area contributed by atoms with Gasteiger partial charge < -0.3 is 10.1 Å². The molecule has 0 bridgehead atoms. The molecule has 0 aliphatic heterocycles. The van der Waals surface area contributed by atoms with Gasteiger partial charge in [0, 0.05) is 11.3 Å². The second-order valence-corrected chi connectivity index (χ2v) is 4.46. The number of rotatable bonds is 5. The molecule has 0 spiro atoms. The fourth-order valence-electron chi connectivity index (χ4n) is 2.06. The van der Waals surface area contributed by atoms with Crippen LogP contribution in [0.2, 0.25) is 0 Å². The predicted molar refractivity (Wildman–Crippen MR) is 76.0 cm³/mol. The highest BCUT2D eigenvalue weighted by atomic mass is 19.1. The predicted octanol–water partition coefficient (Wildman–Crippen LogP) is 4.54. The lowest BCUT2D eigenvalue weighted by Crippen LogP contribution is -2.10. The molecule has 0 aromatic heterocycles. The average molecular weight is 277 g/mol. The molecule has 1 unspecified atom stereocenters. The summed E-state index contributed by atoms with van der Waals surface area (Å²) < 4.78 is 32.7. The molecule has 106 valence electrons. The summed E-state index contributed by atoms with van der Waals surface area (Å²) >= 11 is 0. The molecule has 2 aromatic carbocycles. The maximum absolute atomic E-state index is 13.7. The first-order valence-corrected chi connectivity index (χ1v) is 6.55. The number of nitrogens with one attached hydrogen (secondary N) is 1. The largest absolute Gasteiger partial charge is 0.494 e. The molecule has 4 heteroatoms. The monoisotopic (exact) mass is 277 g/mol. The lowest BCUT2D eigenvalue weighted by Gasteiger charge is -2.17. The van der Waals surface area contributed by atoms with E-state index in [1.165, 1.54) is 18.2 Å². The minimum Gasteiger partial charge on any atom is -0.494 e. The van der Waals surface area contributed by atoms with Gasteiger partial charge in [0.2, 0.25) is 0 Å². The molecule has 0 fully saturated rings. The van der Waals surface area contributed by atoms with E-state index in [0.29, 0.717) is 6.61 Å². The zero-order valence-electron chi connectivity index (χ0n) is 11.5. The zero-order chi connectivity index (χ0) is 14.5. The van der Waals surface area contributed by atoms with Crippen LogP contribution < -0.4 is 10.1 Å². The van der Waals surface area contributed by atoms with Gasteiger partial charge >= 0.3 is 0 Å². The van der Waals surface area contributed by atoms with Crippen LogP contribution in [0.25, 0.3) is 0 Å². The van der Waals surface area contributed by atoms with Crippen molar-refractivity contribution < 1.29 is 13.5 Å². The summed E-state index contributed by atoms with van der Waals surface area (Å²) in [5, 5.41) is 3.07. The van der Waals surface area contributed by atoms with Crippen LogP contribution in [-0.2, 0) is 0 Å². The van der Waals surface area contributed by atoms with E-state index < -0.39 is 17.7 Å². The van der Waals surface area contributed by atoms with Gasteiger partial charge in [-0.3, -0.25) is 0 Å². The van der Waals surface area contributed by atoms with Gasteiger partial charge in [-0.05, 0) is 50.2 Å². The van der Waals surface area contributed by atoms with Crippen molar-refractivity contribution >= 4 is 5.69 Å². The van der Waals surface area contributed by atoms with Crippen molar-refractivity contribution in [3.63, 3.8) is 0 Å². The van der Waals surface area contributed by atoms with Crippen molar-refractivity contribution in [2.45, 2.75) is 19.9 Å². The molecule has 1 N–H and O–H groups in total. The van der Waals surface area contributed by atoms with Gasteiger partial charge in [-0.15, -0.1) is 0 Å². The summed E-state index contributed by atoms with van der Waals surface area (Å²) in [6.45, 7) is 4.23. The van der Waals surface area contributed by atoms with Crippen LogP contribution in [-0.4, -0.2) is 6.61 Å². The van der Waals surface area contributed by atoms with Crippen LogP contribution in [0.3, 0.4) is 0 Å². The number of hydrogen-bond donors (Lipinski definition) is 1. The highest BCUT2D eigenvalue weighted by Gasteiger charge is 2.15. The number of anilines is 1. The van der Waals surface area contributed by atoms with Crippen molar-refractivity contribution in [3.05, 3.63) is 59.7 Å². The Kier molecular flexibility index (Phi) is 4.56. The lowest BCUT2D eigenvalue weighted by molar-refractivity contribution is 0.340. The van der Waals surface area contributed by atoms with Gasteiger partial charge in [0.25, 0.3) is 0 Å². The molecule has 2 nitrogen and oxygen atoms in total. The fourth-order valence-corrected chi connectivity index (χ4v) is 2.06. The number of halogens is 2. The fraction of sp³-hybridized carbons (Fsp3) is 0.250. The summed E-state index contributed by atoms with van der Waals surface area (Å²) in [6, 6.07) is 10.7. The molecule has 2 rings (SSSR count). The lowest BCUT2D eigenvalue weighted by atomic mass is 10.1. The molecular formula is C16H17F2NO. The summed E-state index contributed by atoms with van der Waals surface area (Å²) in [4.78, 5) is 0. The Labute approximate surface area is 117 Å². The molecule has 2 aromatic rings. The van der Waals surface area contributed by atoms with Crippen molar-refractivity contribution in [2.75, 3.05) is 11.9 Å². The zero-order valence-corrected chi connectivity index (χ0v) is 11.5. The minimum absolute atomic E-state index is 0.0429. The van der Waals surface area contributed by atoms with Crippen LogP contribution in [0.5, 0.6) is 5.75 Å². The first-order valence-electron chi connectivity index (χ1n) is 6.55. The van der Waals surface area contributed by atoms with E-state index in [1.54, 1.807) is 6.92 Å². The van der Waals surface area contributed by atoms with E-state index in [9.17, 15) is 8.78 Å². The number of hydrogen-bond acceptors (Lipinski definition) is 2. The van der Waals surface area contributed by atoms with Gasteiger partial charge in [-0.2, -0.15) is 0 Å². The molecule has 0 aliphatic carbocycles. The van der Waals surface area contributed by atoms with Gasteiger partial charge in [0.05, 0.1) is 12.6 Å². The van der Waals surface area contributed by atoms with Gasteiger partial charge in [0.15, 0.2) is 0 Å². The summed E-state index contributed by atoms with van der Waals surface area (Å²) in [7, 11) is 0. The average Bonchev–Trinajstić information content (AvgIpc) is 2.41. The van der Waals surface area contributed by atoms with E-state index >= 15 is 0 Å². The van der Waals surface area contributed by atoms with Gasteiger partial charge in [-0.1, -0.05) is 6.07 Å². The van der Waals surface area contributed by atoms with Crippen LogP contribution in [0.15, 0.2) is 42.5 Å². The SMILES string of the molecule is CCOc1ccc(NC(C)c2c(F)cccc2F)cc1. The molecule has 0 saturated carbocycles. The normalized spacial score (nSPS) is 12.0. The second kappa shape index (κ2) is 6.37. The molecular weight excluding hydrogens is 260 g/mol. The summed E-state index contributed by atoms with van der Waals surface area (Å²) in [6.07, 6.45) is 0. The van der Waals surface area contributed by atoms with Crippen molar-refractivity contribution in [1.29, 1.82) is 0 Å². The molecule has 0 saturated heterocycles. The van der Waals surface area contributed by atoms with Crippen LogP contribution >= 0.6 is 0 Å². The smallest absolute Gasteiger partial charge is 0.131 e. The Morgan fingerprint density at radius 3 is 2.20 bits per heavy atom. The van der Waals surface area contributed by atoms with E-state index in [1.807, 2.05) is 31.2 Å². The van der Waals surface area contributed by atoms with E-state index in [2.05, 4.69) is 5.32 Å². The van der Waals surface area contributed by atoms with Gasteiger partial charge in [0.1, 0.15) is 17.4 Å². The standard InChI is InChI=1S/C16H17F2NO/c1-3-20-13-9-7-12(8-10-13)19-11(2)16-14(17)5-4-6-15(16)18/h4-11,19H,3H2,1-2H3. The Bertz CT molecular complexity index is 549. The third-order valence-electron chi connectivity index (χ3n) is 2.98. The highest BCUT2D eigenvalue weighted by molar-refractivity contribution is 5.48. The maximum Gasteiger partial charge on any atom is 0.131 e. The summed E-state index contributed by atoms with van der Waals surface area (Å²) in [5.41, 5.74) is 0.824. The third-order valence-corrected chi connectivity index (χ3v) is 2.98. The van der Waals surface area contributed by atoms with E-state index in [-0.39, 0.29) is 5.56 Å². The van der Waals surface area contributed by atoms with E-state index in [0.717, 1.165) is 11.4 Å². The molecule has 1 atom stereocenters. The molecule has 0 aliphatic rings. The van der Waals surface area contributed by atoms with Crippen LogP contribution in [0.4, 0.5) is 14.5 Å². The second-order valence-electron chi connectivity index (χ2n) is 4.46. The first-order chi connectivity index (χ1) is 9.61. The number of ether oxygens (including phenoxy) is 1. The molecule has 0 heterocycles. The highest BCUT2D eigenvalue weighted by Crippen LogP contribution is 2.25. The summed E-state index contributed by atoms with van der Waals surface area (Å²) in [5.74, 6) is -0.324. The van der Waals surface area contributed by atoms with Crippen LogP contribution in [0, 0.1) is 11.6 Å². The Balaban J connectivity index is 2.13. The van der Waals surface area contributed by atoms with Crippen molar-refractivity contribution in [1.82, 2.24) is 0 Å². The minimum atomic E-state index is -0.545. The molecule has 0 amide bonds.